The predicted molar refractivity (Wildman–Crippen MR) is 86.8 cm³/mol. The molecule has 4 heteroatoms. The fourth-order valence-electron chi connectivity index (χ4n) is 2.08. The number of ether oxygens (including phenoxy) is 1. The SMILES string of the molecule is Cc1cccc(C)c1Oc1ccc(C(C)(O)CO)cc1Br. The second-order valence-electron chi connectivity index (χ2n) is 5.40. The van der Waals surface area contributed by atoms with E-state index >= 15 is 0 Å². The highest BCUT2D eigenvalue weighted by Crippen LogP contribution is 2.35. The number of rotatable bonds is 4. The van der Waals surface area contributed by atoms with Gasteiger partial charge in [-0.1, -0.05) is 24.3 Å². The van der Waals surface area contributed by atoms with E-state index in [1.165, 1.54) is 0 Å². The number of hydrogen-bond acceptors (Lipinski definition) is 3. The Balaban J connectivity index is 2.35. The van der Waals surface area contributed by atoms with Gasteiger partial charge < -0.3 is 14.9 Å². The summed E-state index contributed by atoms with van der Waals surface area (Å²) < 4.78 is 6.71. The average molecular weight is 351 g/mol. The fraction of sp³-hybridized carbons (Fsp3) is 0.294. The zero-order chi connectivity index (χ0) is 15.6. The quantitative estimate of drug-likeness (QED) is 0.874. The van der Waals surface area contributed by atoms with Gasteiger partial charge in [-0.2, -0.15) is 0 Å². The fourth-order valence-corrected chi connectivity index (χ4v) is 2.54. The zero-order valence-corrected chi connectivity index (χ0v) is 13.9. The maximum absolute atomic E-state index is 10.1. The van der Waals surface area contributed by atoms with Crippen molar-refractivity contribution in [2.75, 3.05) is 6.61 Å². The Labute approximate surface area is 133 Å². The Morgan fingerprint density at radius 2 is 1.76 bits per heavy atom. The molecule has 0 heterocycles. The summed E-state index contributed by atoms with van der Waals surface area (Å²) in [7, 11) is 0. The third-order valence-corrected chi connectivity index (χ3v) is 4.10. The van der Waals surface area contributed by atoms with Gasteiger partial charge in [-0.25, -0.2) is 0 Å². The Morgan fingerprint density at radius 3 is 2.29 bits per heavy atom. The molecule has 0 aliphatic carbocycles. The molecule has 0 spiro atoms. The number of aliphatic hydroxyl groups excluding tert-OH is 1. The van der Waals surface area contributed by atoms with Crippen LogP contribution in [0.4, 0.5) is 0 Å². The van der Waals surface area contributed by atoms with E-state index < -0.39 is 5.60 Å². The van der Waals surface area contributed by atoms with Crippen LogP contribution in [0, 0.1) is 13.8 Å². The molecule has 21 heavy (non-hydrogen) atoms. The maximum Gasteiger partial charge on any atom is 0.141 e. The molecule has 0 fully saturated rings. The van der Waals surface area contributed by atoms with E-state index in [0.29, 0.717) is 11.3 Å². The summed E-state index contributed by atoms with van der Waals surface area (Å²) in [6.45, 7) is 5.24. The standard InChI is InChI=1S/C17H19BrO3/c1-11-5-4-6-12(2)16(11)21-15-8-7-13(9-14(15)18)17(3,20)10-19/h4-9,19-20H,10H2,1-3H3. The van der Waals surface area contributed by atoms with Crippen molar-refractivity contribution in [2.45, 2.75) is 26.4 Å². The van der Waals surface area contributed by atoms with Gasteiger partial charge in [0, 0.05) is 0 Å². The molecular weight excluding hydrogens is 332 g/mol. The molecule has 0 saturated heterocycles. The lowest BCUT2D eigenvalue weighted by atomic mass is 9.97. The molecule has 0 amide bonds. The van der Waals surface area contributed by atoms with E-state index in [0.717, 1.165) is 21.3 Å². The number of halogens is 1. The summed E-state index contributed by atoms with van der Waals surface area (Å²) in [5, 5.41) is 19.3. The molecule has 112 valence electrons. The van der Waals surface area contributed by atoms with Gasteiger partial charge in [0.15, 0.2) is 0 Å². The van der Waals surface area contributed by atoms with Gasteiger partial charge in [-0.05, 0) is 65.5 Å². The molecule has 1 unspecified atom stereocenters. The van der Waals surface area contributed by atoms with Crippen LogP contribution in [0.5, 0.6) is 11.5 Å². The molecule has 2 aromatic carbocycles. The van der Waals surface area contributed by atoms with Gasteiger partial charge in [-0.15, -0.1) is 0 Å². The van der Waals surface area contributed by atoms with Crippen molar-refractivity contribution in [1.29, 1.82) is 0 Å². The molecule has 0 aromatic heterocycles. The predicted octanol–water partition coefficient (Wildman–Crippen LogP) is 4.06. The highest BCUT2D eigenvalue weighted by molar-refractivity contribution is 9.10. The van der Waals surface area contributed by atoms with Crippen molar-refractivity contribution in [2.24, 2.45) is 0 Å². The number of benzene rings is 2. The molecule has 0 aliphatic heterocycles. The lowest BCUT2D eigenvalue weighted by Crippen LogP contribution is -2.25. The van der Waals surface area contributed by atoms with Gasteiger partial charge >= 0.3 is 0 Å². The van der Waals surface area contributed by atoms with E-state index in [2.05, 4.69) is 15.9 Å². The zero-order valence-electron chi connectivity index (χ0n) is 12.4. The molecule has 2 N–H and O–H groups in total. The second-order valence-corrected chi connectivity index (χ2v) is 6.25. The minimum atomic E-state index is -1.26. The maximum atomic E-state index is 10.1. The van der Waals surface area contributed by atoms with Gasteiger partial charge in [0.25, 0.3) is 0 Å². The van der Waals surface area contributed by atoms with Crippen LogP contribution in [0.3, 0.4) is 0 Å². The van der Waals surface area contributed by atoms with Crippen molar-refractivity contribution in [1.82, 2.24) is 0 Å². The first-order valence-electron chi connectivity index (χ1n) is 6.72. The van der Waals surface area contributed by atoms with Crippen molar-refractivity contribution in [3.63, 3.8) is 0 Å². The van der Waals surface area contributed by atoms with E-state index in [4.69, 9.17) is 4.74 Å². The Bertz CT molecular complexity index is 630. The smallest absolute Gasteiger partial charge is 0.141 e. The average Bonchev–Trinajstić information content (AvgIpc) is 2.44. The monoisotopic (exact) mass is 350 g/mol. The van der Waals surface area contributed by atoms with E-state index in [1.54, 1.807) is 25.1 Å². The van der Waals surface area contributed by atoms with Gasteiger partial charge in [0.05, 0.1) is 11.1 Å². The van der Waals surface area contributed by atoms with Gasteiger partial charge in [0.2, 0.25) is 0 Å². The Kier molecular flexibility index (Phi) is 4.71. The highest BCUT2D eigenvalue weighted by Gasteiger charge is 2.23. The van der Waals surface area contributed by atoms with E-state index in [1.807, 2.05) is 32.0 Å². The molecule has 0 bridgehead atoms. The van der Waals surface area contributed by atoms with Crippen LogP contribution >= 0.6 is 15.9 Å². The molecule has 2 aromatic rings. The molecule has 0 radical (unpaired) electrons. The minimum absolute atomic E-state index is 0.337. The molecule has 3 nitrogen and oxygen atoms in total. The Hall–Kier alpha value is -1.36. The highest BCUT2D eigenvalue weighted by atomic mass is 79.9. The molecular formula is C17H19BrO3. The van der Waals surface area contributed by atoms with Crippen molar-refractivity contribution in [3.05, 3.63) is 57.6 Å². The largest absolute Gasteiger partial charge is 0.456 e. The second kappa shape index (κ2) is 6.18. The van der Waals surface area contributed by atoms with Crippen LogP contribution in [-0.4, -0.2) is 16.8 Å². The van der Waals surface area contributed by atoms with E-state index in [9.17, 15) is 10.2 Å². The van der Waals surface area contributed by atoms with Crippen LogP contribution in [0.25, 0.3) is 0 Å². The number of aryl methyl sites for hydroxylation is 2. The van der Waals surface area contributed by atoms with Crippen molar-refractivity contribution in [3.8, 4) is 11.5 Å². The number of para-hydroxylation sites is 1. The first kappa shape index (κ1) is 16.0. The number of hydrogen-bond donors (Lipinski definition) is 2. The van der Waals surface area contributed by atoms with E-state index in [-0.39, 0.29) is 6.61 Å². The summed E-state index contributed by atoms with van der Waals surface area (Å²) in [5.41, 5.74) is 1.49. The van der Waals surface area contributed by atoms with Crippen LogP contribution in [-0.2, 0) is 5.60 Å². The summed E-state index contributed by atoms with van der Waals surface area (Å²) in [5.74, 6) is 1.50. The summed E-state index contributed by atoms with van der Waals surface area (Å²) >= 11 is 3.46. The third kappa shape index (κ3) is 3.46. The van der Waals surface area contributed by atoms with Crippen LogP contribution in [0.2, 0.25) is 0 Å². The Morgan fingerprint density at radius 1 is 1.14 bits per heavy atom. The topological polar surface area (TPSA) is 49.7 Å². The summed E-state index contributed by atoms with van der Waals surface area (Å²) in [4.78, 5) is 0. The van der Waals surface area contributed by atoms with Crippen molar-refractivity contribution < 1.29 is 14.9 Å². The number of aliphatic hydroxyl groups is 2. The molecule has 0 saturated carbocycles. The van der Waals surface area contributed by atoms with Crippen LogP contribution < -0.4 is 4.74 Å². The molecule has 1 atom stereocenters. The van der Waals surface area contributed by atoms with Crippen LogP contribution in [0.15, 0.2) is 40.9 Å². The molecule has 2 rings (SSSR count). The first-order chi connectivity index (χ1) is 9.85. The third-order valence-electron chi connectivity index (χ3n) is 3.48. The summed E-state index contributed by atoms with van der Waals surface area (Å²) in [6, 6.07) is 11.3. The van der Waals surface area contributed by atoms with Gasteiger partial charge in [-0.3, -0.25) is 0 Å². The minimum Gasteiger partial charge on any atom is -0.456 e. The lowest BCUT2D eigenvalue weighted by Gasteiger charge is -2.22. The van der Waals surface area contributed by atoms with Crippen LogP contribution in [0.1, 0.15) is 23.6 Å². The normalized spacial score (nSPS) is 13.8. The lowest BCUT2D eigenvalue weighted by molar-refractivity contribution is -0.00235. The summed E-state index contributed by atoms with van der Waals surface area (Å²) in [6.07, 6.45) is 0. The van der Waals surface area contributed by atoms with Gasteiger partial charge in [0.1, 0.15) is 17.1 Å². The van der Waals surface area contributed by atoms with Crippen molar-refractivity contribution >= 4 is 15.9 Å². The molecule has 0 aliphatic rings. The first-order valence-corrected chi connectivity index (χ1v) is 7.52.